The minimum atomic E-state index is -0.258. The Balaban J connectivity index is 1.74. The number of hydrogen-bond acceptors (Lipinski definition) is 4. The molecule has 0 spiro atoms. The second-order valence-corrected chi connectivity index (χ2v) is 8.96. The van der Waals surface area contributed by atoms with Crippen molar-refractivity contribution in [3.05, 3.63) is 74.7 Å². The number of rotatable bonds is 6. The normalized spacial score (nSPS) is 15.7. The smallest absolute Gasteiger partial charge is 0.293 e. The molecule has 3 aromatic rings. The van der Waals surface area contributed by atoms with Gasteiger partial charge in [-0.3, -0.25) is 14.5 Å². The van der Waals surface area contributed by atoms with Gasteiger partial charge in [0.25, 0.3) is 11.1 Å². The Hall–Kier alpha value is -2.35. The highest BCUT2D eigenvalue weighted by atomic mass is 79.9. The van der Waals surface area contributed by atoms with Crippen molar-refractivity contribution >= 4 is 55.8 Å². The largest absolute Gasteiger partial charge is 0.383 e. The van der Waals surface area contributed by atoms with Gasteiger partial charge in [0.05, 0.1) is 18.1 Å². The quantitative estimate of drug-likeness (QED) is 0.436. The average molecular weight is 485 g/mol. The summed E-state index contributed by atoms with van der Waals surface area (Å²) in [6.07, 6.45) is 1.85. The van der Waals surface area contributed by atoms with Crippen molar-refractivity contribution in [2.75, 3.05) is 20.3 Å². The number of fused-ring (bicyclic) bond motifs is 1. The number of carbonyl (C=O) groups is 2. The summed E-state index contributed by atoms with van der Waals surface area (Å²) in [5.41, 5.74) is 4.32. The summed E-state index contributed by atoms with van der Waals surface area (Å²) in [6, 6.07) is 16.4. The van der Waals surface area contributed by atoms with Gasteiger partial charge >= 0.3 is 0 Å². The number of imide groups is 1. The van der Waals surface area contributed by atoms with Gasteiger partial charge in [0.2, 0.25) is 0 Å². The van der Waals surface area contributed by atoms with Crippen LogP contribution in [-0.4, -0.2) is 40.9 Å². The Morgan fingerprint density at radius 3 is 2.57 bits per heavy atom. The highest BCUT2D eigenvalue weighted by molar-refractivity contribution is 9.10. The number of carbonyl (C=O) groups excluding carboxylic acids is 2. The maximum absolute atomic E-state index is 12.8. The lowest BCUT2D eigenvalue weighted by molar-refractivity contribution is -0.123. The monoisotopic (exact) mass is 484 g/mol. The van der Waals surface area contributed by atoms with Gasteiger partial charge in [0.1, 0.15) is 0 Å². The van der Waals surface area contributed by atoms with E-state index < -0.39 is 0 Å². The van der Waals surface area contributed by atoms with Crippen LogP contribution in [0.3, 0.4) is 0 Å². The average Bonchev–Trinajstić information content (AvgIpc) is 3.16. The third-order valence-corrected chi connectivity index (χ3v) is 6.64. The lowest BCUT2D eigenvalue weighted by atomic mass is 10.1. The number of halogens is 1. The molecule has 7 heteroatoms. The molecule has 2 heterocycles. The van der Waals surface area contributed by atoms with Gasteiger partial charge in [0.15, 0.2) is 0 Å². The standard InChI is InChI=1S/C23H21BrN2O3S/c1-15-19(13-21-22(27)25(11-12-29-2)23(28)30-21)18-5-3-4-6-20(18)26(15)14-16-7-9-17(24)10-8-16/h3-10,13H,11-12,14H2,1-2H3/b21-13+. The van der Waals surface area contributed by atoms with Crippen LogP contribution < -0.4 is 0 Å². The van der Waals surface area contributed by atoms with E-state index in [0.717, 1.165) is 44.9 Å². The van der Waals surface area contributed by atoms with E-state index in [1.54, 1.807) is 7.11 Å². The summed E-state index contributed by atoms with van der Waals surface area (Å²) in [5.74, 6) is -0.258. The number of nitrogens with zero attached hydrogens (tertiary/aromatic N) is 2. The molecule has 4 rings (SSSR count). The lowest BCUT2D eigenvalue weighted by Crippen LogP contribution is -2.31. The maximum atomic E-state index is 12.8. The highest BCUT2D eigenvalue weighted by Crippen LogP contribution is 2.35. The molecule has 1 aliphatic heterocycles. The summed E-state index contributed by atoms with van der Waals surface area (Å²) in [7, 11) is 1.55. The number of thioether (sulfide) groups is 1. The summed E-state index contributed by atoms with van der Waals surface area (Å²) < 4.78 is 8.31. The molecule has 2 amide bonds. The van der Waals surface area contributed by atoms with Crippen molar-refractivity contribution in [2.45, 2.75) is 13.5 Å². The van der Waals surface area contributed by atoms with E-state index >= 15 is 0 Å². The Kier molecular flexibility index (Phi) is 6.13. The Labute approximate surface area is 187 Å². The first-order valence-electron chi connectivity index (χ1n) is 9.56. The summed E-state index contributed by atoms with van der Waals surface area (Å²) in [4.78, 5) is 26.7. The fraction of sp³-hybridized carbons (Fsp3) is 0.217. The van der Waals surface area contributed by atoms with Crippen LogP contribution in [0, 0.1) is 6.92 Å². The molecule has 0 saturated carbocycles. The zero-order valence-electron chi connectivity index (χ0n) is 16.7. The van der Waals surface area contributed by atoms with Crippen LogP contribution in [0.1, 0.15) is 16.8 Å². The van der Waals surface area contributed by atoms with Crippen LogP contribution in [0.25, 0.3) is 17.0 Å². The predicted molar refractivity (Wildman–Crippen MR) is 124 cm³/mol. The first-order chi connectivity index (χ1) is 14.5. The number of aromatic nitrogens is 1. The lowest BCUT2D eigenvalue weighted by Gasteiger charge is -2.10. The molecule has 0 aliphatic carbocycles. The fourth-order valence-electron chi connectivity index (χ4n) is 3.62. The SMILES string of the molecule is COCCN1C(=O)S/C(=C/c2c(C)n(Cc3ccc(Br)cc3)c3ccccc23)C1=O. The van der Waals surface area contributed by atoms with E-state index in [0.29, 0.717) is 11.5 Å². The molecule has 1 aliphatic rings. The molecule has 1 aromatic heterocycles. The Morgan fingerprint density at radius 2 is 1.83 bits per heavy atom. The van der Waals surface area contributed by atoms with Crippen LogP contribution in [0.4, 0.5) is 4.79 Å². The highest BCUT2D eigenvalue weighted by Gasteiger charge is 2.35. The van der Waals surface area contributed by atoms with E-state index in [1.165, 1.54) is 10.5 Å². The second-order valence-electron chi connectivity index (χ2n) is 7.05. The van der Waals surface area contributed by atoms with Crippen LogP contribution in [0.2, 0.25) is 0 Å². The molecule has 1 fully saturated rings. The molecule has 30 heavy (non-hydrogen) atoms. The number of benzene rings is 2. The topological polar surface area (TPSA) is 51.5 Å². The number of para-hydroxylation sites is 1. The molecule has 2 aromatic carbocycles. The Bertz CT molecular complexity index is 1150. The molecule has 5 nitrogen and oxygen atoms in total. The van der Waals surface area contributed by atoms with Crippen molar-refractivity contribution in [1.82, 2.24) is 9.47 Å². The molecule has 0 bridgehead atoms. The van der Waals surface area contributed by atoms with Crippen molar-refractivity contribution in [3.8, 4) is 0 Å². The summed E-state index contributed by atoms with van der Waals surface area (Å²) >= 11 is 4.47. The Morgan fingerprint density at radius 1 is 1.10 bits per heavy atom. The van der Waals surface area contributed by atoms with Gasteiger partial charge in [-0.05, 0) is 48.5 Å². The molecule has 0 atom stereocenters. The van der Waals surface area contributed by atoms with E-state index in [2.05, 4.69) is 51.7 Å². The van der Waals surface area contributed by atoms with Gasteiger partial charge in [-0.2, -0.15) is 0 Å². The van der Waals surface area contributed by atoms with Gasteiger partial charge in [-0.15, -0.1) is 0 Å². The van der Waals surface area contributed by atoms with Gasteiger partial charge < -0.3 is 9.30 Å². The van der Waals surface area contributed by atoms with Crippen LogP contribution in [0.15, 0.2) is 57.9 Å². The maximum Gasteiger partial charge on any atom is 0.293 e. The van der Waals surface area contributed by atoms with Crippen molar-refractivity contribution in [1.29, 1.82) is 0 Å². The second kappa shape index (κ2) is 8.79. The van der Waals surface area contributed by atoms with Gasteiger partial charge in [-0.1, -0.05) is 46.3 Å². The predicted octanol–water partition coefficient (Wildman–Crippen LogP) is 5.44. The molecular formula is C23H21BrN2O3S. The number of hydrogen-bond donors (Lipinski definition) is 0. The van der Waals surface area contributed by atoms with E-state index in [9.17, 15) is 9.59 Å². The van der Waals surface area contributed by atoms with Crippen molar-refractivity contribution < 1.29 is 14.3 Å². The number of ether oxygens (including phenoxy) is 1. The third kappa shape index (κ3) is 3.97. The molecule has 0 unspecified atom stereocenters. The van der Waals surface area contributed by atoms with E-state index in [-0.39, 0.29) is 17.7 Å². The van der Waals surface area contributed by atoms with Crippen LogP contribution in [-0.2, 0) is 16.1 Å². The zero-order chi connectivity index (χ0) is 21.3. The van der Waals surface area contributed by atoms with Gasteiger partial charge in [-0.25, -0.2) is 0 Å². The fourth-order valence-corrected chi connectivity index (χ4v) is 4.73. The van der Waals surface area contributed by atoms with Gasteiger partial charge in [0, 0.05) is 40.3 Å². The minimum Gasteiger partial charge on any atom is -0.383 e. The van der Waals surface area contributed by atoms with Crippen LogP contribution in [0.5, 0.6) is 0 Å². The third-order valence-electron chi connectivity index (χ3n) is 5.20. The van der Waals surface area contributed by atoms with Crippen LogP contribution >= 0.6 is 27.7 Å². The summed E-state index contributed by atoms with van der Waals surface area (Å²) in [5, 5.41) is 0.815. The van der Waals surface area contributed by atoms with E-state index in [4.69, 9.17) is 4.74 Å². The van der Waals surface area contributed by atoms with Crippen molar-refractivity contribution in [3.63, 3.8) is 0 Å². The first-order valence-corrected chi connectivity index (χ1v) is 11.2. The molecule has 0 radical (unpaired) electrons. The van der Waals surface area contributed by atoms with Crippen molar-refractivity contribution in [2.24, 2.45) is 0 Å². The number of amides is 2. The minimum absolute atomic E-state index is 0.250. The molecule has 0 N–H and O–H groups in total. The zero-order valence-corrected chi connectivity index (χ0v) is 19.1. The van der Waals surface area contributed by atoms with E-state index in [1.807, 2.05) is 30.3 Å². The molecular weight excluding hydrogens is 464 g/mol. The molecule has 154 valence electrons. The molecule has 1 saturated heterocycles. The first kappa shape index (κ1) is 20.9. The number of methoxy groups -OCH3 is 1. The summed E-state index contributed by atoms with van der Waals surface area (Å²) in [6.45, 7) is 3.38.